The molecule has 1 heterocycles. The smallest absolute Gasteiger partial charge is 0.406 e. The maximum Gasteiger partial charge on any atom is 0.573 e. The highest BCUT2D eigenvalue weighted by molar-refractivity contribution is 6.01. The summed E-state index contributed by atoms with van der Waals surface area (Å²) in [5.74, 6) is -2.10. The Morgan fingerprint density at radius 1 is 0.882 bits per heavy atom. The Hall–Kier alpha value is -3.64. The molecule has 1 aliphatic heterocycles. The van der Waals surface area contributed by atoms with Gasteiger partial charge in [-0.3, -0.25) is 24.2 Å². The number of ether oxygens (including phenoxy) is 1. The van der Waals surface area contributed by atoms with Crippen LogP contribution in [0.15, 0.2) is 42.5 Å². The Morgan fingerprint density at radius 2 is 1.41 bits per heavy atom. The van der Waals surface area contributed by atoms with Gasteiger partial charge in [0.15, 0.2) is 0 Å². The molecule has 0 aliphatic carbocycles. The molecule has 0 bridgehead atoms. The molecule has 0 spiro atoms. The van der Waals surface area contributed by atoms with Crippen LogP contribution in [-0.4, -0.2) is 66.6 Å². The van der Waals surface area contributed by atoms with Gasteiger partial charge in [-0.1, -0.05) is 12.1 Å². The van der Waals surface area contributed by atoms with Gasteiger partial charge in [0, 0.05) is 49.5 Å². The fraction of sp³-hybridized carbons (Fsp3) is 0.318. The molecule has 1 fully saturated rings. The van der Waals surface area contributed by atoms with Gasteiger partial charge >= 0.3 is 6.36 Å². The Bertz CT molecular complexity index is 1020. The molecule has 12 heteroatoms. The van der Waals surface area contributed by atoms with Gasteiger partial charge in [0.05, 0.1) is 6.54 Å². The minimum absolute atomic E-state index is 0.0539. The molecule has 34 heavy (non-hydrogen) atoms. The zero-order valence-corrected chi connectivity index (χ0v) is 18.1. The Morgan fingerprint density at radius 3 is 1.91 bits per heavy atom. The summed E-state index contributed by atoms with van der Waals surface area (Å²) in [6, 6.07) is 9.73. The van der Waals surface area contributed by atoms with Crippen LogP contribution in [0.3, 0.4) is 0 Å². The molecule has 1 saturated heterocycles. The van der Waals surface area contributed by atoms with E-state index in [2.05, 4.69) is 15.0 Å². The number of hydrogen-bond donors (Lipinski definition) is 3. The largest absolute Gasteiger partial charge is 0.573 e. The summed E-state index contributed by atoms with van der Waals surface area (Å²) in [5, 5.41) is 2.65. The minimum atomic E-state index is -4.72. The van der Waals surface area contributed by atoms with Crippen molar-refractivity contribution in [1.82, 2.24) is 9.80 Å². The van der Waals surface area contributed by atoms with Crippen LogP contribution in [0.2, 0.25) is 0 Å². The predicted octanol–water partition coefficient (Wildman–Crippen LogP) is 1.54. The highest BCUT2D eigenvalue weighted by Crippen LogP contribution is 2.23. The lowest BCUT2D eigenvalue weighted by Crippen LogP contribution is -2.48. The number of alkyl halides is 3. The van der Waals surface area contributed by atoms with E-state index < -0.39 is 18.2 Å². The van der Waals surface area contributed by atoms with Crippen LogP contribution in [0.1, 0.15) is 26.3 Å². The van der Waals surface area contributed by atoms with E-state index in [9.17, 15) is 27.6 Å². The summed E-state index contributed by atoms with van der Waals surface area (Å²) in [6.45, 7) is 3.20. The van der Waals surface area contributed by atoms with Crippen molar-refractivity contribution in [1.29, 1.82) is 0 Å². The van der Waals surface area contributed by atoms with Crippen LogP contribution in [0.4, 0.5) is 18.9 Å². The molecule has 9 nitrogen and oxygen atoms in total. The highest BCUT2D eigenvalue weighted by Gasteiger charge is 2.31. The third kappa shape index (κ3) is 7.46. The van der Waals surface area contributed by atoms with Crippen LogP contribution in [0, 0.1) is 0 Å². The van der Waals surface area contributed by atoms with E-state index in [0.29, 0.717) is 32.7 Å². The van der Waals surface area contributed by atoms with E-state index in [-0.39, 0.29) is 35.0 Å². The van der Waals surface area contributed by atoms with E-state index >= 15 is 0 Å². The maximum absolute atomic E-state index is 12.5. The second kappa shape index (κ2) is 10.5. The van der Waals surface area contributed by atoms with Crippen LogP contribution in [-0.2, 0) is 11.3 Å². The third-order valence-corrected chi connectivity index (χ3v) is 5.18. The van der Waals surface area contributed by atoms with Gasteiger partial charge in [-0.05, 0) is 35.9 Å². The average Bonchev–Trinajstić information content (AvgIpc) is 2.75. The molecular weight excluding hydrogens is 455 g/mol. The molecule has 0 radical (unpaired) electrons. The fourth-order valence-corrected chi connectivity index (χ4v) is 3.55. The van der Waals surface area contributed by atoms with Gasteiger partial charge in [-0.15, -0.1) is 13.2 Å². The second-order valence-corrected chi connectivity index (χ2v) is 7.82. The first-order valence-corrected chi connectivity index (χ1v) is 10.3. The molecule has 182 valence electrons. The van der Waals surface area contributed by atoms with Gasteiger partial charge in [-0.25, -0.2) is 0 Å². The standard InChI is InChI=1S/C22H24F3N5O4/c23-22(24,25)34-18-3-1-14(2-4-18)12-29-5-7-30(8-6-29)13-19(31)28-17-10-15(20(26)32)9-16(11-17)21(27)33/h1-4,9-11H,5-8,12-13H2,(H2,26,32)(H2,27,33)(H,28,31). The van der Waals surface area contributed by atoms with Crippen LogP contribution in [0.5, 0.6) is 5.75 Å². The Labute approximate surface area is 193 Å². The number of anilines is 1. The summed E-state index contributed by atoms with van der Waals surface area (Å²) >= 11 is 0. The fourth-order valence-electron chi connectivity index (χ4n) is 3.55. The second-order valence-electron chi connectivity index (χ2n) is 7.82. The summed E-state index contributed by atoms with van der Waals surface area (Å²) < 4.78 is 40.7. The normalized spacial score (nSPS) is 15.0. The summed E-state index contributed by atoms with van der Waals surface area (Å²) in [6.07, 6.45) is -4.72. The van der Waals surface area contributed by atoms with Crippen molar-refractivity contribution in [3.63, 3.8) is 0 Å². The number of carbonyl (C=O) groups is 3. The van der Waals surface area contributed by atoms with E-state index in [1.54, 1.807) is 12.1 Å². The zero-order chi connectivity index (χ0) is 24.9. The number of halogens is 3. The third-order valence-electron chi connectivity index (χ3n) is 5.18. The highest BCUT2D eigenvalue weighted by atomic mass is 19.4. The van der Waals surface area contributed by atoms with Crippen molar-refractivity contribution in [3.05, 3.63) is 59.2 Å². The quantitative estimate of drug-likeness (QED) is 0.527. The van der Waals surface area contributed by atoms with Crippen molar-refractivity contribution >= 4 is 23.4 Å². The molecule has 2 aromatic rings. The first-order valence-electron chi connectivity index (χ1n) is 10.3. The molecule has 0 aromatic heterocycles. The monoisotopic (exact) mass is 479 g/mol. The van der Waals surface area contributed by atoms with Gasteiger partial charge in [0.1, 0.15) is 5.75 Å². The number of carbonyl (C=O) groups excluding carboxylic acids is 3. The van der Waals surface area contributed by atoms with Crippen LogP contribution in [0.25, 0.3) is 0 Å². The lowest BCUT2D eigenvalue weighted by molar-refractivity contribution is -0.274. The number of nitrogens with one attached hydrogen (secondary N) is 1. The minimum Gasteiger partial charge on any atom is -0.406 e. The van der Waals surface area contributed by atoms with Crippen molar-refractivity contribution in [2.24, 2.45) is 11.5 Å². The molecular formula is C22H24F3N5O4. The van der Waals surface area contributed by atoms with Gasteiger partial charge in [-0.2, -0.15) is 0 Å². The summed E-state index contributed by atoms with van der Waals surface area (Å²) in [5.41, 5.74) is 11.7. The number of primary amides is 2. The molecule has 0 unspecified atom stereocenters. The van der Waals surface area contributed by atoms with Gasteiger partial charge in [0.25, 0.3) is 0 Å². The predicted molar refractivity (Wildman–Crippen MR) is 117 cm³/mol. The van der Waals surface area contributed by atoms with Crippen LogP contribution >= 0.6 is 0 Å². The Balaban J connectivity index is 1.48. The molecule has 3 rings (SSSR count). The van der Waals surface area contributed by atoms with E-state index in [0.717, 1.165) is 5.56 Å². The number of piperazine rings is 1. The number of nitrogens with two attached hydrogens (primary N) is 2. The van der Waals surface area contributed by atoms with Gasteiger partial charge in [0.2, 0.25) is 17.7 Å². The maximum atomic E-state index is 12.5. The van der Waals surface area contributed by atoms with Crippen molar-refractivity contribution in [2.45, 2.75) is 12.9 Å². The van der Waals surface area contributed by atoms with Gasteiger partial charge < -0.3 is 21.5 Å². The van der Waals surface area contributed by atoms with Crippen LogP contribution < -0.4 is 21.5 Å². The van der Waals surface area contributed by atoms with Crippen molar-refractivity contribution in [3.8, 4) is 5.75 Å². The number of nitrogens with zero attached hydrogens (tertiary/aromatic N) is 2. The SMILES string of the molecule is NC(=O)c1cc(NC(=O)CN2CCN(Cc3ccc(OC(F)(F)F)cc3)CC2)cc(C(N)=O)c1. The van der Waals surface area contributed by atoms with E-state index in [1.807, 2.05) is 4.90 Å². The average molecular weight is 479 g/mol. The molecule has 0 saturated carbocycles. The summed E-state index contributed by atoms with van der Waals surface area (Å²) in [7, 11) is 0. The van der Waals surface area contributed by atoms with Crippen molar-refractivity contribution in [2.75, 3.05) is 38.0 Å². The van der Waals surface area contributed by atoms with E-state index in [4.69, 9.17) is 11.5 Å². The molecule has 5 N–H and O–H groups in total. The topological polar surface area (TPSA) is 131 Å². The Kier molecular flexibility index (Phi) is 7.74. The lowest BCUT2D eigenvalue weighted by Gasteiger charge is -2.34. The summed E-state index contributed by atoms with van der Waals surface area (Å²) in [4.78, 5) is 39.4. The number of benzene rings is 2. The zero-order valence-electron chi connectivity index (χ0n) is 18.1. The van der Waals surface area contributed by atoms with E-state index in [1.165, 1.54) is 30.3 Å². The number of rotatable bonds is 8. The molecule has 0 atom stereocenters. The molecule has 2 aromatic carbocycles. The molecule has 1 aliphatic rings. The first-order chi connectivity index (χ1) is 16.0. The van der Waals surface area contributed by atoms with Crippen molar-refractivity contribution < 1.29 is 32.3 Å². The number of hydrogen-bond acceptors (Lipinski definition) is 6. The number of amides is 3. The molecule has 3 amide bonds. The lowest BCUT2D eigenvalue weighted by atomic mass is 10.1. The first kappa shape index (κ1) is 25.0.